The maximum absolute atomic E-state index is 11.5. The third-order valence-electron chi connectivity index (χ3n) is 2.47. The van der Waals surface area contributed by atoms with Crippen molar-refractivity contribution in [1.82, 2.24) is 0 Å². The predicted molar refractivity (Wildman–Crippen MR) is 57.5 cm³/mol. The zero-order valence-corrected chi connectivity index (χ0v) is 8.96. The summed E-state index contributed by atoms with van der Waals surface area (Å²) in [6.07, 6.45) is 1.65. The number of ether oxygens (including phenoxy) is 1. The summed E-state index contributed by atoms with van der Waals surface area (Å²) in [5.74, 6) is 0.510. The van der Waals surface area contributed by atoms with Gasteiger partial charge in [-0.2, -0.15) is 0 Å². The van der Waals surface area contributed by atoms with Gasteiger partial charge in [-0.15, -0.1) is 0 Å². The van der Waals surface area contributed by atoms with Gasteiger partial charge in [0, 0.05) is 5.39 Å². The first-order valence-corrected chi connectivity index (χ1v) is 4.71. The van der Waals surface area contributed by atoms with E-state index in [0.29, 0.717) is 16.9 Å². The van der Waals surface area contributed by atoms with Gasteiger partial charge in [0.2, 0.25) is 0 Å². The number of furan rings is 1. The highest BCUT2D eigenvalue weighted by molar-refractivity contribution is 6.08. The second-order valence-electron chi connectivity index (χ2n) is 3.49. The number of benzene rings is 1. The Labute approximate surface area is 87.6 Å². The fourth-order valence-electron chi connectivity index (χ4n) is 1.71. The molecule has 3 heteroatoms. The van der Waals surface area contributed by atoms with E-state index in [9.17, 15) is 4.79 Å². The Hall–Kier alpha value is -1.77. The second kappa shape index (κ2) is 3.42. The smallest absolute Gasteiger partial charge is 0.167 e. The molecular formula is C12H12O3. The number of methoxy groups -OCH3 is 1. The van der Waals surface area contributed by atoms with Crippen LogP contribution in [0.2, 0.25) is 0 Å². The van der Waals surface area contributed by atoms with Crippen molar-refractivity contribution in [1.29, 1.82) is 0 Å². The molecule has 0 aliphatic rings. The van der Waals surface area contributed by atoms with Crippen LogP contribution in [0.25, 0.3) is 11.0 Å². The summed E-state index contributed by atoms with van der Waals surface area (Å²) >= 11 is 0. The van der Waals surface area contributed by atoms with E-state index in [2.05, 4.69) is 0 Å². The first kappa shape index (κ1) is 9.77. The Kier molecular flexibility index (Phi) is 2.23. The number of fused-ring (bicyclic) bond motifs is 1. The molecule has 78 valence electrons. The maximum Gasteiger partial charge on any atom is 0.167 e. The lowest BCUT2D eigenvalue weighted by Crippen LogP contribution is -1.97. The molecule has 0 saturated heterocycles. The minimum Gasteiger partial charge on any atom is -0.496 e. The van der Waals surface area contributed by atoms with Gasteiger partial charge < -0.3 is 9.15 Å². The van der Waals surface area contributed by atoms with Gasteiger partial charge in [0.15, 0.2) is 5.78 Å². The van der Waals surface area contributed by atoms with Crippen molar-refractivity contribution in [2.75, 3.05) is 7.11 Å². The van der Waals surface area contributed by atoms with Gasteiger partial charge in [-0.1, -0.05) is 0 Å². The van der Waals surface area contributed by atoms with Crippen molar-refractivity contribution < 1.29 is 13.9 Å². The summed E-state index contributed by atoms with van der Waals surface area (Å²) in [6, 6.07) is 3.70. The first-order chi connectivity index (χ1) is 7.15. The average Bonchev–Trinajstić information content (AvgIpc) is 2.58. The lowest BCUT2D eigenvalue weighted by atomic mass is 10.1. The van der Waals surface area contributed by atoms with Crippen molar-refractivity contribution >= 4 is 16.8 Å². The monoisotopic (exact) mass is 204 g/mol. The zero-order valence-electron chi connectivity index (χ0n) is 8.96. The van der Waals surface area contributed by atoms with E-state index in [4.69, 9.17) is 9.15 Å². The molecule has 0 N–H and O–H groups in total. The molecule has 0 unspecified atom stereocenters. The molecule has 0 amide bonds. The van der Waals surface area contributed by atoms with Crippen LogP contribution in [0.1, 0.15) is 22.8 Å². The number of Topliss-reactive ketones (excluding diaryl/α,β-unsaturated/α-hetero) is 1. The SMILES string of the molecule is COc1ccc2c(C)coc2c1C(C)=O. The molecule has 0 spiro atoms. The van der Waals surface area contributed by atoms with Crippen LogP contribution >= 0.6 is 0 Å². The number of ketones is 1. The molecule has 2 aromatic rings. The first-order valence-electron chi connectivity index (χ1n) is 4.71. The van der Waals surface area contributed by atoms with Crippen molar-refractivity contribution in [2.24, 2.45) is 0 Å². The molecule has 2 rings (SSSR count). The van der Waals surface area contributed by atoms with Gasteiger partial charge in [0.25, 0.3) is 0 Å². The molecule has 15 heavy (non-hydrogen) atoms. The van der Waals surface area contributed by atoms with Crippen molar-refractivity contribution in [3.05, 3.63) is 29.5 Å². The summed E-state index contributed by atoms with van der Waals surface area (Å²) < 4.78 is 10.5. The van der Waals surface area contributed by atoms with Gasteiger partial charge in [-0.05, 0) is 31.5 Å². The van der Waals surface area contributed by atoms with Crippen molar-refractivity contribution in [3.63, 3.8) is 0 Å². The third-order valence-corrected chi connectivity index (χ3v) is 2.47. The summed E-state index contributed by atoms with van der Waals surface area (Å²) in [6.45, 7) is 3.46. The topological polar surface area (TPSA) is 39.4 Å². The third kappa shape index (κ3) is 1.40. The standard InChI is InChI=1S/C12H12O3/c1-7-6-15-12-9(7)4-5-10(14-3)11(12)8(2)13/h4-6H,1-3H3. The molecular weight excluding hydrogens is 192 g/mol. The van der Waals surface area contributed by atoms with Gasteiger partial charge in [0.05, 0.1) is 13.4 Å². The molecule has 1 aromatic carbocycles. The van der Waals surface area contributed by atoms with Crippen molar-refractivity contribution in [3.8, 4) is 5.75 Å². The lowest BCUT2D eigenvalue weighted by Gasteiger charge is -2.05. The molecule has 1 heterocycles. The van der Waals surface area contributed by atoms with Crippen LogP contribution in [0.15, 0.2) is 22.8 Å². The van der Waals surface area contributed by atoms with Crippen LogP contribution < -0.4 is 4.74 Å². The van der Waals surface area contributed by atoms with E-state index in [1.807, 2.05) is 13.0 Å². The summed E-state index contributed by atoms with van der Waals surface area (Å²) in [5, 5.41) is 0.959. The molecule has 0 radical (unpaired) electrons. The van der Waals surface area contributed by atoms with E-state index in [1.54, 1.807) is 19.4 Å². The molecule has 0 bridgehead atoms. The van der Waals surface area contributed by atoms with Crippen LogP contribution in [0, 0.1) is 6.92 Å². The highest BCUT2D eigenvalue weighted by Gasteiger charge is 2.16. The van der Waals surface area contributed by atoms with E-state index >= 15 is 0 Å². The zero-order chi connectivity index (χ0) is 11.0. The highest BCUT2D eigenvalue weighted by Crippen LogP contribution is 2.31. The number of aryl methyl sites for hydroxylation is 1. The number of carbonyl (C=O) groups is 1. The quantitative estimate of drug-likeness (QED) is 0.706. The van der Waals surface area contributed by atoms with E-state index in [0.717, 1.165) is 10.9 Å². The van der Waals surface area contributed by atoms with Gasteiger partial charge in [0.1, 0.15) is 16.9 Å². The Balaban J connectivity index is 2.85. The van der Waals surface area contributed by atoms with Crippen LogP contribution in [-0.4, -0.2) is 12.9 Å². The highest BCUT2D eigenvalue weighted by atomic mass is 16.5. The summed E-state index contributed by atoms with van der Waals surface area (Å²) in [4.78, 5) is 11.5. The fourth-order valence-corrected chi connectivity index (χ4v) is 1.71. The van der Waals surface area contributed by atoms with E-state index < -0.39 is 0 Å². The second-order valence-corrected chi connectivity index (χ2v) is 3.49. The molecule has 3 nitrogen and oxygen atoms in total. The average molecular weight is 204 g/mol. The van der Waals surface area contributed by atoms with Crippen LogP contribution in [0.5, 0.6) is 5.75 Å². The van der Waals surface area contributed by atoms with Gasteiger partial charge >= 0.3 is 0 Å². The maximum atomic E-state index is 11.5. The lowest BCUT2D eigenvalue weighted by molar-refractivity contribution is 0.101. The molecule has 1 aromatic heterocycles. The van der Waals surface area contributed by atoms with Gasteiger partial charge in [-0.25, -0.2) is 0 Å². The molecule has 0 fully saturated rings. The number of rotatable bonds is 2. The molecule has 0 atom stereocenters. The van der Waals surface area contributed by atoms with Gasteiger partial charge in [-0.3, -0.25) is 4.79 Å². The predicted octanol–water partition coefficient (Wildman–Crippen LogP) is 2.95. The molecule has 0 aliphatic carbocycles. The number of hydrogen-bond acceptors (Lipinski definition) is 3. The fraction of sp³-hybridized carbons (Fsp3) is 0.250. The van der Waals surface area contributed by atoms with E-state index in [1.165, 1.54) is 6.92 Å². The van der Waals surface area contributed by atoms with E-state index in [-0.39, 0.29) is 5.78 Å². The minimum absolute atomic E-state index is 0.0493. The van der Waals surface area contributed by atoms with Crippen LogP contribution in [0.4, 0.5) is 0 Å². The largest absolute Gasteiger partial charge is 0.496 e. The summed E-state index contributed by atoms with van der Waals surface area (Å²) in [7, 11) is 1.55. The van der Waals surface area contributed by atoms with Crippen LogP contribution in [-0.2, 0) is 0 Å². The Morgan fingerprint density at radius 1 is 1.40 bits per heavy atom. The van der Waals surface area contributed by atoms with Crippen LogP contribution in [0.3, 0.4) is 0 Å². The molecule has 0 saturated carbocycles. The molecule has 0 aliphatic heterocycles. The Morgan fingerprint density at radius 2 is 2.13 bits per heavy atom. The van der Waals surface area contributed by atoms with Crippen molar-refractivity contribution in [2.45, 2.75) is 13.8 Å². The Morgan fingerprint density at radius 3 is 2.73 bits per heavy atom. The minimum atomic E-state index is -0.0493. The number of hydrogen-bond donors (Lipinski definition) is 0. The normalized spacial score (nSPS) is 10.6. The Bertz CT molecular complexity index is 523. The summed E-state index contributed by atoms with van der Waals surface area (Å²) in [5.41, 5.74) is 2.15. The number of carbonyl (C=O) groups excluding carboxylic acids is 1.